The van der Waals surface area contributed by atoms with Gasteiger partial charge in [0.15, 0.2) is 0 Å². The molecule has 0 N–H and O–H groups in total. The van der Waals surface area contributed by atoms with Crippen molar-refractivity contribution in [2.24, 2.45) is 11.8 Å². The van der Waals surface area contributed by atoms with Crippen LogP contribution in [0.2, 0.25) is 11.1 Å². The summed E-state index contributed by atoms with van der Waals surface area (Å²) >= 11 is 0. The van der Waals surface area contributed by atoms with Gasteiger partial charge in [-0.2, -0.15) is 0 Å². The lowest BCUT2D eigenvalue weighted by Gasteiger charge is -2.38. The lowest BCUT2D eigenvalue weighted by molar-refractivity contribution is 0.212. The summed E-state index contributed by atoms with van der Waals surface area (Å²) < 4.78 is 12.3. The largest absolute Gasteiger partial charge is 0.397 e. The summed E-state index contributed by atoms with van der Waals surface area (Å²) in [7, 11) is 1.86. The highest BCUT2D eigenvalue weighted by molar-refractivity contribution is 6.70. The van der Waals surface area contributed by atoms with E-state index in [1.54, 1.807) is 0 Å². The van der Waals surface area contributed by atoms with Crippen LogP contribution in [0.4, 0.5) is 0 Å². The molecule has 0 aromatic heterocycles. The summed E-state index contributed by atoms with van der Waals surface area (Å²) in [6.45, 7) is 4.66. The van der Waals surface area contributed by atoms with Crippen molar-refractivity contribution in [3.8, 4) is 0 Å². The van der Waals surface area contributed by atoms with E-state index < -0.39 is 8.56 Å². The van der Waals surface area contributed by atoms with Gasteiger partial charge in [-0.05, 0) is 37.5 Å². The van der Waals surface area contributed by atoms with Crippen LogP contribution >= 0.6 is 0 Å². The Kier molecular flexibility index (Phi) is 5.50. The second-order valence-electron chi connectivity index (χ2n) is 6.70. The molecule has 0 saturated heterocycles. The van der Waals surface area contributed by atoms with Crippen molar-refractivity contribution >= 4 is 8.56 Å². The standard InChI is InChI=1S/C16H32O2Si/c1-5-13-7-9-15(11-13)19(17-3,18-4)16-10-8-14(6-2)12-16/h13-16H,5-12H2,1-4H3. The van der Waals surface area contributed by atoms with Gasteiger partial charge in [0.25, 0.3) is 0 Å². The van der Waals surface area contributed by atoms with Crippen molar-refractivity contribution in [1.82, 2.24) is 0 Å². The molecule has 2 nitrogen and oxygen atoms in total. The normalized spacial score (nSPS) is 36.0. The van der Waals surface area contributed by atoms with Crippen LogP contribution in [0, 0.1) is 11.8 Å². The van der Waals surface area contributed by atoms with Crippen molar-refractivity contribution in [3.63, 3.8) is 0 Å². The first-order chi connectivity index (χ1) is 9.20. The molecule has 3 heteroatoms. The van der Waals surface area contributed by atoms with Crippen molar-refractivity contribution < 1.29 is 8.85 Å². The molecule has 0 bridgehead atoms. The van der Waals surface area contributed by atoms with Gasteiger partial charge >= 0.3 is 8.56 Å². The number of rotatable bonds is 6. The zero-order valence-corrected chi connectivity index (χ0v) is 14.3. The highest BCUT2D eigenvalue weighted by Crippen LogP contribution is 2.53. The Bertz CT molecular complexity index is 254. The first kappa shape index (κ1) is 15.5. The second kappa shape index (κ2) is 6.73. The predicted molar refractivity (Wildman–Crippen MR) is 82.5 cm³/mol. The summed E-state index contributed by atoms with van der Waals surface area (Å²) in [5.74, 6) is 1.84. The summed E-state index contributed by atoms with van der Waals surface area (Å²) in [6.07, 6.45) is 10.9. The van der Waals surface area contributed by atoms with Crippen LogP contribution in [0.1, 0.15) is 65.2 Å². The third-order valence-electron chi connectivity index (χ3n) is 6.01. The molecule has 0 radical (unpaired) electrons. The highest BCUT2D eigenvalue weighted by atomic mass is 28.4. The summed E-state index contributed by atoms with van der Waals surface area (Å²) in [6, 6.07) is 0. The Morgan fingerprint density at radius 2 is 1.21 bits per heavy atom. The van der Waals surface area contributed by atoms with Gasteiger partial charge in [-0.3, -0.25) is 0 Å². The maximum absolute atomic E-state index is 6.16. The first-order valence-corrected chi connectivity index (χ1v) is 10.3. The highest BCUT2D eigenvalue weighted by Gasteiger charge is 2.54. The molecule has 0 aliphatic heterocycles. The van der Waals surface area contributed by atoms with Gasteiger partial charge in [-0.25, -0.2) is 0 Å². The lowest BCUT2D eigenvalue weighted by Crippen LogP contribution is -2.48. The molecule has 19 heavy (non-hydrogen) atoms. The SMILES string of the molecule is CCC1CCC([Si](OC)(OC)C2CCC(CC)C2)C1. The minimum Gasteiger partial charge on any atom is -0.397 e. The van der Waals surface area contributed by atoms with Gasteiger partial charge in [-0.15, -0.1) is 0 Å². The number of hydrogen-bond donors (Lipinski definition) is 0. The van der Waals surface area contributed by atoms with Crippen LogP contribution in [-0.2, 0) is 8.85 Å². The minimum absolute atomic E-state index is 0.744. The third-order valence-corrected chi connectivity index (χ3v) is 10.6. The Balaban J connectivity index is 2.09. The van der Waals surface area contributed by atoms with Gasteiger partial charge in [0, 0.05) is 25.3 Å². The molecule has 2 rings (SSSR count). The summed E-state index contributed by atoms with van der Waals surface area (Å²) in [5, 5.41) is 0. The average Bonchev–Trinajstić information content (AvgIpc) is 3.10. The Labute approximate surface area is 120 Å². The first-order valence-electron chi connectivity index (χ1n) is 8.30. The summed E-state index contributed by atoms with van der Waals surface area (Å²) in [4.78, 5) is 0. The molecule has 2 fully saturated rings. The maximum Gasteiger partial charge on any atom is 0.344 e. The van der Waals surface area contributed by atoms with E-state index in [9.17, 15) is 0 Å². The molecule has 0 aromatic rings. The molecule has 2 aliphatic carbocycles. The van der Waals surface area contributed by atoms with Crippen molar-refractivity contribution in [2.75, 3.05) is 14.2 Å². The zero-order valence-electron chi connectivity index (χ0n) is 13.3. The molecule has 0 aromatic carbocycles. The van der Waals surface area contributed by atoms with E-state index in [2.05, 4.69) is 13.8 Å². The van der Waals surface area contributed by atoms with Gasteiger partial charge < -0.3 is 8.85 Å². The van der Waals surface area contributed by atoms with Gasteiger partial charge in [0.05, 0.1) is 0 Å². The van der Waals surface area contributed by atoms with E-state index in [0.717, 1.165) is 22.9 Å². The maximum atomic E-state index is 6.16. The van der Waals surface area contributed by atoms with Crippen LogP contribution in [-0.4, -0.2) is 22.8 Å². The van der Waals surface area contributed by atoms with Gasteiger partial charge in [0.1, 0.15) is 0 Å². The fraction of sp³-hybridized carbons (Fsp3) is 1.00. The van der Waals surface area contributed by atoms with E-state index in [0.29, 0.717) is 0 Å². The number of hydrogen-bond acceptors (Lipinski definition) is 2. The van der Waals surface area contributed by atoms with Crippen LogP contribution in [0.15, 0.2) is 0 Å². The smallest absolute Gasteiger partial charge is 0.344 e. The minimum atomic E-state index is -1.99. The van der Waals surface area contributed by atoms with E-state index in [1.807, 2.05) is 14.2 Å². The van der Waals surface area contributed by atoms with E-state index in [-0.39, 0.29) is 0 Å². The topological polar surface area (TPSA) is 18.5 Å². The molecular weight excluding hydrogens is 252 g/mol. The van der Waals surface area contributed by atoms with Crippen LogP contribution in [0.25, 0.3) is 0 Å². The molecular formula is C16H32O2Si. The Hall–Kier alpha value is 0.137. The molecule has 4 atom stereocenters. The van der Waals surface area contributed by atoms with Gasteiger partial charge in [0.2, 0.25) is 0 Å². The molecule has 4 unspecified atom stereocenters. The van der Waals surface area contributed by atoms with Crippen molar-refractivity contribution in [2.45, 2.75) is 76.3 Å². The van der Waals surface area contributed by atoms with Gasteiger partial charge in [-0.1, -0.05) is 39.5 Å². The fourth-order valence-electron chi connectivity index (χ4n) is 4.71. The van der Waals surface area contributed by atoms with Crippen molar-refractivity contribution in [1.29, 1.82) is 0 Å². The lowest BCUT2D eigenvalue weighted by atomic mass is 10.1. The molecule has 2 aliphatic rings. The van der Waals surface area contributed by atoms with Crippen LogP contribution < -0.4 is 0 Å². The Morgan fingerprint density at radius 1 is 0.789 bits per heavy atom. The molecule has 112 valence electrons. The summed E-state index contributed by atoms with van der Waals surface area (Å²) in [5.41, 5.74) is 1.49. The third kappa shape index (κ3) is 2.93. The molecule has 0 amide bonds. The zero-order chi connectivity index (χ0) is 13.9. The monoisotopic (exact) mass is 284 g/mol. The van der Waals surface area contributed by atoms with Crippen LogP contribution in [0.5, 0.6) is 0 Å². The quantitative estimate of drug-likeness (QED) is 0.647. The fourth-order valence-corrected chi connectivity index (χ4v) is 9.33. The predicted octanol–water partition coefficient (Wildman–Crippen LogP) is 4.88. The second-order valence-corrected chi connectivity index (χ2v) is 10.6. The van der Waals surface area contributed by atoms with E-state index >= 15 is 0 Å². The molecule has 0 heterocycles. The average molecular weight is 285 g/mol. The van der Waals surface area contributed by atoms with E-state index in [4.69, 9.17) is 8.85 Å². The van der Waals surface area contributed by atoms with Crippen molar-refractivity contribution in [3.05, 3.63) is 0 Å². The Morgan fingerprint density at radius 3 is 1.47 bits per heavy atom. The van der Waals surface area contributed by atoms with E-state index in [1.165, 1.54) is 51.4 Å². The molecule has 0 spiro atoms. The molecule has 2 saturated carbocycles. The van der Waals surface area contributed by atoms with Crippen LogP contribution in [0.3, 0.4) is 0 Å².